The maximum Gasteiger partial charge on any atom is 0.344 e. The van der Waals surface area contributed by atoms with Crippen LogP contribution in [0.3, 0.4) is 0 Å². The molecule has 0 bridgehead atoms. The zero-order valence-corrected chi connectivity index (χ0v) is 14.5. The van der Waals surface area contributed by atoms with Crippen LogP contribution in [0.5, 0.6) is 5.75 Å². The number of ether oxygens (including phenoxy) is 2. The topological polar surface area (TPSA) is 61.6 Å². The second-order valence-corrected chi connectivity index (χ2v) is 5.88. The molecule has 0 atom stereocenters. The van der Waals surface area contributed by atoms with E-state index in [1.807, 2.05) is 30.3 Å². The highest BCUT2D eigenvalue weighted by atomic mass is 35.5. The first kappa shape index (κ1) is 17.3. The van der Waals surface area contributed by atoms with E-state index in [1.54, 1.807) is 12.1 Å². The number of aromatic nitrogens is 1. The maximum atomic E-state index is 11.8. The van der Waals surface area contributed by atoms with Gasteiger partial charge in [0, 0.05) is 10.6 Å². The van der Waals surface area contributed by atoms with Gasteiger partial charge in [0.15, 0.2) is 6.61 Å². The third-order valence-electron chi connectivity index (χ3n) is 3.19. The van der Waals surface area contributed by atoms with Crippen LogP contribution in [0.15, 0.2) is 59.2 Å². The fourth-order valence-corrected chi connectivity index (χ4v) is 2.47. The zero-order valence-electron chi connectivity index (χ0n) is 12.9. The van der Waals surface area contributed by atoms with Gasteiger partial charge in [-0.15, -0.1) is 0 Å². The van der Waals surface area contributed by atoms with Crippen molar-refractivity contribution in [3.8, 4) is 17.2 Å². The molecule has 0 radical (unpaired) electrons. The summed E-state index contributed by atoms with van der Waals surface area (Å²) in [6.07, 6.45) is 1.45. The molecule has 1 heterocycles. The summed E-state index contributed by atoms with van der Waals surface area (Å²) in [6, 6.07) is 14.2. The molecule has 0 saturated carbocycles. The van der Waals surface area contributed by atoms with E-state index in [2.05, 4.69) is 4.98 Å². The second-order valence-electron chi connectivity index (χ2n) is 5.03. The van der Waals surface area contributed by atoms with Crippen molar-refractivity contribution in [2.24, 2.45) is 0 Å². The van der Waals surface area contributed by atoms with E-state index in [0.29, 0.717) is 27.4 Å². The van der Waals surface area contributed by atoms with Crippen LogP contribution in [-0.4, -0.2) is 17.6 Å². The van der Waals surface area contributed by atoms with Gasteiger partial charge >= 0.3 is 5.97 Å². The molecule has 0 aliphatic heterocycles. The summed E-state index contributed by atoms with van der Waals surface area (Å²) in [4.78, 5) is 16.0. The number of halogens is 2. The Morgan fingerprint density at radius 3 is 2.68 bits per heavy atom. The molecule has 0 unspecified atom stereocenters. The van der Waals surface area contributed by atoms with Crippen LogP contribution in [0.1, 0.15) is 5.69 Å². The van der Waals surface area contributed by atoms with Crippen molar-refractivity contribution in [3.05, 3.63) is 70.5 Å². The van der Waals surface area contributed by atoms with Gasteiger partial charge in [0.2, 0.25) is 5.89 Å². The van der Waals surface area contributed by atoms with Gasteiger partial charge in [0.25, 0.3) is 0 Å². The Morgan fingerprint density at radius 1 is 1.12 bits per heavy atom. The molecule has 1 aromatic heterocycles. The van der Waals surface area contributed by atoms with Crippen molar-refractivity contribution >= 4 is 29.2 Å². The Hall–Kier alpha value is -2.50. The van der Waals surface area contributed by atoms with Crippen LogP contribution < -0.4 is 4.74 Å². The van der Waals surface area contributed by atoms with Gasteiger partial charge in [-0.3, -0.25) is 0 Å². The van der Waals surface area contributed by atoms with Crippen molar-refractivity contribution in [1.82, 2.24) is 4.98 Å². The summed E-state index contributed by atoms with van der Waals surface area (Å²) < 4.78 is 15.8. The number of oxazole rings is 1. The van der Waals surface area contributed by atoms with Crippen LogP contribution in [0.2, 0.25) is 10.0 Å². The van der Waals surface area contributed by atoms with Gasteiger partial charge in [-0.1, -0.05) is 41.4 Å². The first-order valence-corrected chi connectivity index (χ1v) is 8.11. The lowest BCUT2D eigenvalue weighted by Crippen LogP contribution is -2.15. The van der Waals surface area contributed by atoms with Gasteiger partial charge in [-0.2, -0.15) is 0 Å². The number of hydrogen-bond donors (Lipinski definition) is 0. The molecule has 25 heavy (non-hydrogen) atoms. The van der Waals surface area contributed by atoms with Crippen molar-refractivity contribution in [2.45, 2.75) is 6.61 Å². The van der Waals surface area contributed by atoms with Crippen molar-refractivity contribution in [1.29, 1.82) is 0 Å². The molecular weight excluding hydrogens is 365 g/mol. The van der Waals surface area contributed by atoms with Crippen LogP contribution in [0, 0.1) is 0 Å². The summed E-state index contributed by atoms with van der Waals surface area (Å²) in [5, 5.41) is 0.810. The summed E-state index contributed by atoms with van der Waals surface area (Å²) in [7, 11) is 0. The largest absolute Gasteiger partial charge is 0.480 e. The second kappa shape index (κ2) is 8.05. The zero-order chi connectivity index (χ0) is 17.6. The third kappa shape index (κ3) is 4.75. The standard InChI is InChI=1S/C18H13Cl2NO4/c19-13-6-7-16(15(20)8-13)23-11-17(22)24-9-14-10-25-18(21-14)12-4-2-1-3-5-12/h1-8,10H,9,11H2. The first-order valence-electron chi connectivity index (χ1n) is 7.35. The average Bonchev–Trinajstić information content (AvgIpc) is 3.09. The Morgan fingerprint density at radius 2 is 1.92 bits per heavy atom. The van der Waals surface area contributed by atoms with Gasteiger partial charge in [-0.05, 0) is 30.3 Å². The first-order chi connectivity index (χ1) is 12.1. The minimum absolute atomic E-state index is 0.00707. The molecule has 0 aliphatic carbocycles. The van der Waals surface area contributed by atoms with E-state index in [9.17, 15) is 4.79 Å². The van der Waals surface area contributed by atoms with Crippen LogP contribution in [0.4, 0.5) is 0 Å². The molecule has 0 aliphatic rings. The Labute approximate surface area is 154 Å². The summed E-state index contributed by atoms with van der Waals surface area (Å²) in [5.74, 6) is 0.280. The maximum absolute atomic E-state index is 11.8. The number of benzene rings is 2. The van der Waals surface area contributed by atoms with Gasteiger partial charge in [0.1, 0.15) is 24.3 Å². The summed E-state index contributed by atoms with van der Waals surface area (Å²) in [6.45, 7) is -0.280. The molecule has 5 nitrogen and oxygen atoms in total. The number of nitrogens with zero attached hydrogens (tertiary/aromatic N) is 1. The highest BCUT2D eigenvalue weighted by Gasteiger charge is 2.11. The molecular formula is C18H13Cl2NO4. The lowest BCUT2D eigenvalue weighted by atomic mass is 10.2. The number of carbonyl (C=O) groups excluding carboxylic acids is 1. The summed E-state index contributed by atoms with van der Waals surface area (Å²) >= 11 is 11.8. The van der Waals surface area contributed by atoms with Crippen LogP contribution >= 0.6 is 23.2 Å². The van der Waals surface area contributed by atoms with Crippen LogP contribution in [-0.2, 0) is 16.1 Å². The third-order valence-corrected chi connectivity index (χ3v) is 3.72. The predicted molar refractivity (Wildman–Crippen MR) is 93.7 cm³/mol. The molecule has 2 aromatic carbocycles. The lowest BCUT2D eigenvalue weighted by molar-refractivity contribution is -0.147. The Balaban J connectivity index is 1.50. The number of hydrogen-bond acceptors (Lipinski definition) is 5. The molecule has 0 saturated heterocycles. The van der Waals surface area contributed by atoms with E-state index in [1.165, 1.54) is 12.3 Å². The van der Waals surface area contributed by atoms with Gasteiger partial charge < -0.3 is 13.9 Å². The quantitative estimate of drug-likeness (QED) is 0.578. The summed E-state index contributed by atoms with van der Waals surface area (Å²) in [5.41, 5.74) is 1.36. The SMILES string of the molecule is O=C(COc1ccc(Cl)cc1Cl)OCc1coc(-c2ccccc2)n1. The monoisotopic (exact) mass is 377 g/mol. The predicted octanol–water partition coefficient (Wildman–Crippen LogP) is 4.77. The molecule has 0 spiro atoms. The Kier molecular flexibility index (Phi) is 5.58. The molecule has 128 valence electrons. The van der Waals surface area contributed by atoms with Crippen molar-refractivity contribution < 1.29 is 18.7 Å². The minimum Gasteiger partial charge on any atom is -0.480 e. The molecule has 7 heteroatoms. The number of esters is 1. The average molecular weight is 378 g/mol. The molecule has 0 fully saturated rings. The van der Waals surface area contributed by atoms with E-state index in [-0.39, 0.29) is 13.2 Å². The number of rotatable bonds is 6. The molecule has 3 aromatic rings. The Bertz CT molecular complexity index is 865. The van der Waals surface area contributed by atoms with Gasteiger partial charge in [0.05, 0.1) is 5.02 Å². The van der Waals surface area contributed by atoms with Crippen molar-refractivity contribution in [3.63, 3.8) is 0 Å². The number of carbonyl (C=O) groups is 1. The lowest BCUT2D eigenvalue weighted by Gasteiger charge is -2.07. The molecule has 3 rings (SSSR count). The minimum atomic E-state index is -0.546. The van der Waals surface area contributed by atoms with E-state index in [0.717, 1.165) is 5.56 Å². The normalized spacial score (nSPS) is 10.5. The highest BCUT2D eigenvalue weighted by Crippen LogP contribution is 2.27. The molecule has 0 amide bonds. The van der Waals surface area contributed by atoms with Crippen molar-refractivity contribution in [2.75, 3.05) is 6.61 Å². The van der Waals surface area contributed by atoms with Crippen LogP contribution in [0.25, 0.3) is 11.5 Å². The van der Waals surface area contributed by atoms with Gasteiger partial charge in [-0.25, -0.2) is 9.78 Å². The van der Waals surface area contributed by atoms with E-state index >= 15 is 0 Å². The fourth-order valence-electron chi connectivity index (χ4n) is 2.01. The van der Waals surface area contributed by atoms with E-state index < -0.39 is 5.97 Å². The highest BCUT2D eigenvalue weighted by molar-refractivity contribution is 6.35. The van der Waals surface area contributed by atoms with E-state index in [4.69, 9.17) is 37.1 Å². The smallest absolute Gasteiger partial charge is 0.344 e. The fraction of sp³-hybridized carbons (Fsp3) is 0.111. The molecule has 0 N–H and O–H groups in total.